The number of likely N-dealkylation sites (tertiary alicyclic amines) is 1. The zero-order chi connectivity index (χ0) is 17.7. The molecule has 3 heterocycles. The number of imidazole rings is 1. The number of carbonyl (C=O) groups is 1. The maximum absolute atomic E-state index is 12.2. The first-order valence-corrected chi connectivity index (χ1v) is 8.71. The molecule has 2 aliphatic rings. The molecule has 0 radical (unpaired) electrons. The van der Waals surface area contributed by atoms with Crippen molar-refractivity contribution < 1.29 is 9.90 Å². The average molecular weight is 342 g/mol. The predicted octanol–water partition coefficient (Wildman–Crippen LogP) is 0.894. The zero-order valence-electron chi connectivity index (χ0n) is 14.4. The van der Waals surface area contributed by atoms with Crippen LogP contribution < -0.4 is 5.69 Å². The number of allylic oxidation sites excluding steroid dienone is 1. The fourth-order valence-electron chi connectivity index (χ4n) is 3.94. The van der Waals surface area contributed by atoms with Gasteiger partial charge in [0, 0.05) is 20.1 Å². The lowest BCUT2D eigenvalue weighted by atomic mass is 9.99. The third-order valence-electron chi connectivity index (χ3n) is 5.44. The quantitative estimate of drug-likeness (QED) is 0.867. The van der Waals surface area contributed by atoms with Gasteiger partial charge in [-0.2, -0.15) is 0 Å². The Morgan fingerprint density at radius 3 is 2.96 bits per heavy atom. The number of nitrogens with one attached hydrogen (secondary N) is 1. The van der Waals surface area contributed by atoms with Gasteiger partial charge in [0.15, 0.2) is 5.65 Å². The highest BCUT2D eigenvalue weighted by Gasteiger charge is 2.39. The smallest absolute Gasteiger partial charge is 0.327 e. The molecule has 132 valence electrons. The van der Waals surface area contributed by atoms with E-state index in [1.807, 2.05) is 19.1 Å². The standard InChI is InChI=1S/C18H22N4O3/c1-3-15(23)17(24)22-8-11-6-10(7-12(11)9-22)13-4-5-14-16(19-13)21(2)18(25)20-14/h4-6,11-12,15,23H,3,7-9H2,1-2H3,(H,20,25). The number of aliphatic hydroxyl groups excluding tert-OH is 1. The molecule has 2 N–H and O–H groups in total. The summed E-state index contributed by atoms with van der Waals surface area (Å²) in [6.07, 6.45) is 2.63. The molecule has 2 aromatic rings. The molecule has 7 heteroatoms. The van der Waals surface area contributed by atoms with Crippen LogP contribution in [0.3, 0.4) is 0 Å². The van der Waals surface area contributed by atoms with E-state index < -0.39 is 6.10 Å². The van der Waals surface area contributed by atoms with E-state index in [9.17, 15) is 14.7 Å². The van der Waals surface area contributed by atoms with Crippen LogP contribution >= 0.6 is 0 Å². The molecule has 4 rings (SSSR count). The van der Waals surface area contributed by atoms with E-state index in [0.717, 1.165) is 17.6 Å². The van der Waals surface area contributed by atoms with Crippen molar-refractivity contribution in [2.45, 2.75) is 25.9 Å². The van der Waals surface area contributed by atoms with Crippen molar-refractivity contribution >= 4 is 22.6 Å². The summed E-state index contributed by atoms with van der Waals surface area (Å²) in [7, 11) is 1.71. The fourth-order valence-corrected chi connectivity index (χ4v) is 3.94. The minimum Gasteiger partial charge on any atom is -0.383 e. The van der Waals surface area contributed by atoms with Crippen molar-refractivity contribution in [3.63, 3.8) is 0 Å². The Hall–Kier alpha value is -2.41. The molecule has 7 nitrogen and oxygen atoms in total. The van der Waals surface area contributed by atoms with Crippen LogP contribution in [-0.4, -0.2) is 49.6 Å². The Morgan fingerprint density at radius 1 is 1.44 bits per heavy atom. The average Bonchev–Trinajstić information content (AvgIpc) is 3.26. The molecule has 1 aliphatic carbocycles. The van der Waals surface area contributed by atoms with E-state index in [-0.39, 0.29) is 11.6 Å². The Bertz CT molecular complexity index is 926. The molecule has 3 unspecified atom stereocenters. The highest BCUT2D eigenvalue weighted by molar-refractivity contribution is 5.81. The van der Waals surface area contributed by atoms with Crippen LogP contribution in [-0.2, 0) is 11.8 Å². The Morgan fingerprint density at radius 2 is 2.24 bits per heavy atom. The van der Waals surface area contributed by atoms with Gasteiger partial charge in [-0.25, -0.2) is 9.78 Å². The van der Waals surface area contributed by atoms with E-state index >= 15 is 0 Å². The number of aromatic amines is 1. The molecule has 3 atom stereocenters. The van der Waals surface area contributed by atoms with Crippen LogP contribution in [0.25, 0.3) is 16.7 Å². The second kappa shape index (κ2) is 5.84. The Kier molecular flexibility index (Phi) is 3.76. The summed E-state index contributed by atoms with van der Waals surface area (Å²) >= 11 is 0. The molecular weight excluding hydrogens is 320 g/mol. The summed E-state index contributed by atoms with van der Waals surface area (Å²) < 4.78 is 1.52. The summed E-state index contributed by atoms with van der Waals surface area (Å²) in [5, 5.41) is 9.76. The topological polar surface area (TPSA) is 91.2 Å². The largest absolute Gasteiger partial charge is 0.383 e. The van der Waals surface area contributed by atoms with Gasteiger partial charge >= 0.3 is 5.69 Å². The van der Waals surface area contributed by atoms with Crippen LogP contribution in [0.2, 0.25) is 0 Å². The van der Waals surface area contributed by atoms with Crippen LogP contribution in [0.5, 0.6) is 0 Å². The third kappa shape index (κ3) is 2.59. The van der Waals surface area contributed by atoms with Crippen molar-refractivity contribution in [1.29, 1.82) is 0 Å². The first kappa shape index (κ1) is 16.1. The molecule has 1 aliphatic heterocycles. The van der Waals surface area contributed by atoms with Gasteiger partial charge in [0.2, 0.25) is 0 Å². The molecule has 2 aromatic heterocycles. The van der Waals surface area contributed by atoms with Gasteiger partial charge < -0.3 is 15.0 Å². The molecule has 1 saturated heterocycles. The lowest BCUT2D eigenvalue weighted by Crippen LogP contribution is -2.37. The normalized spacial score (nSPS) is 23.8. The van der Waals surface area contributed by atoms with Gasteiger partial charge in [-0.15, -0.1) is 0 Å². The maximum Gasteiger partial charge on any atom is 0.327 e. The van der Waals surface area contributed by atoms with Gasteiger partial charge in [0.05, 0.1) is 11.2 Å². The number of hydrogen-bond acceptors (Lipinski definition) is 4. The zero-order valence-corrected chi connectivity index (χ0v) is 14.4. The lowest BCUT2D eigenvalue weighted by Gasteiger charge is -2.20. The number of nitrogens with zero attached hydrogens (tertiary/aromatic N) is 3. The third-order valence-corrected chi connectivity index (χ3v) is 5.44. The first-order valence-electron chi connectivity index (χ1n) is 8.71. The molecular formula is C18H22N4O3. The van der Waals surface area contributed by atoms with E-state index in [2.05, 4.69) is 16.0 Å². The van der Waals surface area contributed by atoms with E-state index in [1.165, 1.54) is 10.1 Å². The highest BCUT2D eigenvalue weighted by atomic mass is 16.3. The van der Waals surface area contributed by atoms with Crippen LogP contribution in [0.15, 0.2) is 23.0 Å². The van der Waals surface area contributed by atoms with Crippen molar-refractivity contribution in [1.82, 2.24) is 19.4 Å². The molecule has 0 aromatic carbocycles. The minimum absolute atomic E-state index is 0.159. The Labute approximate surface area is 145 Å². The number of fused-ring (bicyclic) bond motifs is 2. The van der Waals surface area contributed by atoms with Gasteiger partial charge in [0.25, 0.3) is 5.91 Å². The summed E-state index contributed by atoms with van der Waals surface area (Å²) in [5.74, 6) is 0.541. The SMILES string of the molecule is CCC(O)C(=O)N1CC2C=C(c3ccc4[nH]c(=O)n(C)c4n3)CC2C1. The van der Waals surface area contributed by atoms with Crippen LogP contribution in [0, 0.1) is 11.8 Å². The van der Waals surface area contributed by atoms with Crippen LogP contribution in [0.1, 0.15) is 25.5 Å². The van der Waals surface area contributed by atoms with E-state index in [0.29, 0.717) is 37.0 Å². The summed E-state index contributed by atoms with van der Waals surface area (Å²) in [5.41, 5.74) is 3.29. The maximum atomic E-state index is 12.2. The number of rotatable bonds is 3. The van der Waals surface area contributed by atoms with Crippen molar-refractivity contribution in [2.75, 3.05) is 13.1 Å². The first-order chi connectivity index (χ1) is 12.0. The molecule has 25 heavy (non-hydrogen) atoms. The molecule has 0 bridgehead atoms. The van der Waals surface area contributed by atoms with Gasteiger partial charge in [0.1, 0.15) is 6.10 Å². The van der Waals surface area contributed by atoms with Gasteiger partial charge in [-0.05, 0) is 42.4 Å². The number of hydrogen-bond donors (Lipinski definition) is 2. The summed E-state index contributed by atoms with van der Waals surface area (Å²) in [6, 6.07) is 3.83. The number of aliphatic hydroxyl groups is 1. The Balaban J connectivity index is 1.56. The van der Waals surface area contributed by atoms with Crippen molar-refractivity contribution in [3.05, 3.63) is 34.4 Å². The monoisotopic (exact) mass is 342 g/mol. The molecule has 1 fully saturated rings. The molecule has 0 saturated carbocycles. The number of pyridine rings is 1. The summed E-state index contributed by atoms with van der Waals surface area (Å²) in [4.78, 5) is 33.1. The van der Waals surface area contributed by atoms with E-state index in [4.69, 9.17) is 0 Å². The second-order valence-corrected chi connectivity index (χ2v) is 7.04. The number of amides is 1. The molecule has 0 spiro atoms. The molecule has 1 amide bonds. The lowest BCUT2D eigenvalue weighted by molar-refractivity contribution is -0.139. The number of aryl methyl sites for hydroxylation is 1. The van der Waals surface area contributed by atoms with Gasteiger partial charge in [-0.3, -0.25) is 9.36 Å². The van der Waals surface area contributed by atoms with Crippen molar-refractivity contribution in [3.8, 4) is 0 Å². The number of aromatic nitrogens is 3. The van der Waals surface area contributed by atoms with Crippen molar-refractivity contribution in [2.24, 2.45) is 18.9 Å². The highest BCUT2D eigenvalue weighted by Crippen LogP contribution is 2.40. The second-order valence-electron chi connectivity index (χ2n) is 7.04. The predicted molar refractivity (Wildman–Crippen MR) is 93.8 cm³/mol. The number of carbonyl (C=O) groups excluding carboxylic acids is 1. The fraction of sp³-hybridized carbons (Fsp3) is 0.500. The van der Waals surface area contributed by atoms with E-state index in [1.54, 1.807) is 11.9 Å². The summed E-state index contributed by atoms with van der Waals surface area (Å²) in [6.45, 7) is 3.16. The minimum atomic E-state index is -0.888. The van der Waals surface area contributed by atoms with Gasteiger partial charge in [-0.1, -0.05) is 13.0 Å². The van der Waals surface area contributed by atoms with Crippen LogP contribution in [0.4, 0.5) is 0 Å². The number of H-pyrrole nitrogens is 1.